The second-order valence-corrected chi connectivity index (χ2v) is 5.38. The molecule has 6 nitrogen and oxygen atoms in total. The maximum Gasteiger partial charge on any atom is 0.144 e. The smallest absolute Gasteiger partial charge is 0.144 e. The Hall–Kier alpha value is -2.24. The minimum Gasteiger partial charge on any atom is -0.372 e. The van der Waals surface area contributed by atoms with E-state index in [1.807, 2.05) is 26.2 Å². The van der Waals surface area contributed by atoms with E-state index in [-0.39, 0.29) is 0 Å². The van der Waals surface area contributed by atoms with Gasteiger partial charge in [0.2, 0.25) is 0 Å². The summed E-state index contributed by atoms with van der Waals surface area (Å²) in [5, 5.41) is 3.05. The molecule has 0 aliphatic carbocycles. The van der Waals surface area contributed by atoms with Crippen LogP contribution >= 0.6 is 0 Å². The van der Waals surface area contributed by atoms with E-state index < -0.39 is 0 Å². The molecule has 3 rings (SSSR count). The molecular formula is C15H20N6. The van der Waals surface area contributed by atoms with Gasteiger partial charge in [-0.1, -0.05) is 0 Å². The lowest BCUT2D eigenvalue weighted by molar-refractivity contribution is 0.497. The molecule has 1 N–H and O–H groups in total. The lowest BCUT2D eigenvalue weighted by atomic mass is 9.95. The number of aromatic nitrogens is 4. The molecule has 1 atom stereocenters. The zero-order valence-corrected chi connectivity index (χ0v) is 12.5. The van der Waals surface area contributed by atoms with Crippen LogP contribution in [0.5, 0.6) is 0 Å². The van der Waals surface area contributed by atoms with Crippen molar-refractivity contribution in [3.05, 3.63) is 36.2 Å². The number of hydrogen-bond acceptors (Lipinski definition) is 6. The van der Waals surface area contributed by atoms with Crippen molar-refractivity contribution in [2.45, 2.75) is 25.7 Å². The fourth-order valence-electron chi connectivity index (χ4n) is 2.74. The van der Waals surface area contributed by atoms with Crippen molar-refractivity contribution in [3.8, 4) is 0 Å². The maximum absolute atomic E-state index is 4.63. The standard InChI is InChI=1S/C15H20N6/c1-11-6-15(19-10-18-11)21-5-3-4-12(9-21)13-7-17-8-14(16-2)20-13/h6-8,10,12H,3-5,9H2,1-2H3,(H,16,20)/t12-/m0/s1. The average Bonchev–Trinajstić information content (AvgIpc) is 2.55. The Kier molecular flexibility index (Phi) is 3.94. The summed E-state index contributed by atoms with van der Waals surface area (Å²) in [6.07, 6.45) is 7.54. The normalized spacial score (nSPS) is 18.6. The van der Waals surface area contributed by atoms with Crippen LogP contribution in [0.1, 0.15) is 30.1 Å². The summed E-state index contributed by atoms with van der Waals surface area (Å²) in [4.78, 5) is 19.8. The van der Waals surface area contributed by atoms with Crippen molar-refractivity contribution in [1.29, 1.82) is 0 Å². The van der Waals surface area contributed by atoms with Crippen molar-refractivity contribution in [2.75, 3.05) is 30.4 Å². The Labute approximate surface area is 124 Å². The number of nitrogens with zero attached hydrogens (tertiary/aromatic N) is 5. The second-order valence-electron chi connectivity index (χ2n) is 5.38. The highest BCUT2D eigenvalue weighted by atomic mass is 15.2. The quantitative estimate of drug-likeness (QED) is 0.930. The summed E-state index contributed by atoms with van der Waals surface area (Å²) in [6, 6.07) is 2.04. The molecule has 1 saturated heterocycles. The summed E-state index contributed by atoms with van der Waals surface area (Å²) in [5.74, 6) is 2.22. The number of piperidine rings is 1. The molecule has 1 fully saturated rings. The largest absolute Gasteiger partial charge is 0.372 e. The first kappa shape index (κ1) is 13.7. The third kappa shape index (κ3) is 3.09. The summed E-state index contributed by atoms with van der Waals surface area (Å²) < 4.78 is 0. The van der Waals surface area contributed by atoms with Crippen molar-refractivity contribution >= 4 is 11.6 Å². The molecule has 110 valence electrons. The van der Waals surface area contributed by atoms with E-state index in [9.17, 15) is 0 Å². The Morgan fingerprint density at radius 3 is 3.00 bits per heavy atom. The van der Waals surface area contributed by atoms with E-state index in [2.05, 4.69) is 30.2 Å². The molecule has 6 heteroatoms. The first-order chi connectivity index (χ1) is 10.3. The van der Waals surface area contributed by atoms with E-state index >= 15 is 0 Å². The molecule has 0 radical (unpaired) electrons. The molecule has 3 heterocycles. The van der Waals surface area contributed by atoms with Crippen molar-refractivity contribution in [3.63, 3.8) is 0 Å². The molecule has 0 amide bonds. The van der Waals surface area contributed by atoms with Crippen LogP contribution in [-0.4, -0.2) is 40.1 Å². The molecule has 2 aromatic heterocycles. The third-order valence-corrected chi connectivity index (χ3v) is 3.86. The Morgan fingerprint density at radius 2 is 2.19 bits per heavy atom. The van der Waals surface area contributed by atoms with Gasteiger partial charge in [0, 0.05) is 44.0 Å². The maximum atomic E-state index is 4.63. The van der Waals surface area contributed by atoms with Crippen LogP contribution in [-0.2, 0) is 0 Å². The number of anilines is 2. The first-order valence-corrected chi connectivity index (χ1v) is 7.29. The number of hydrogen-bond donors (Lipinski definition) is 1. The van der Waals surface area contributed by atoms with Gasteiger partial charge in [-0.3, -0.25) is 4.98 Å². The van der Waals surface area contributed by atoms with Gasteiger partial charge in [0.05, 0.1) is 11.9 Å². The molecule has 2 aromatic rings. The van der Waals surface area contributed by atoms with Crippen LogP contribution in [0.25, 0.3) is 0 Å². The SMILES string of the molecule is CNc1cncc([C@H]2CCCN(c3cc(C)ncn3)C2)n1. The van der Waals surface area contributed by atoms with Crippen molar-refractivity contribution < 1.29 is 0 Å². The lowest BCUT2D eigenvalue weighted by Crippen LogP contribution is -2.35. The van der Waals surface area contributed by atoms with Gasteiger partial charge in [0.25, 0.3) is 0 Å². The van der Waals surface area contributed by atoms with Gasteiger partial charge in [-0.05, 0) is 19.8 Å². The zero-order chi connectivity index (χ0) is 14.7. The van der Waals surface area contributed by atoms with Crippen LogP contribution in [0.15, 0.2) is 24.8 Å². The minimum atomic E-state index is 0.398. The minimum absolute atomic E-state index is 0.398. The Morgan fingerprint density at radius 1 is 1.29 bits per heavy atom. The van der Waals surface area contributed by atoms with Crippen LogP contribution in [0.3, 0.4) is 0 Å². The summed E-state index contributed by atoms with van der Waals surface area (Å²) >= 11 is 0. The third-order valence-electron chi connectivity index (χ3n) is 3.86. The van der Waals surface area contributed by atoms with Crippen LogP contribution in [0.4, 0.5) is 11.6 Å². The number of aryl methyl sites for hydroxylation is 1. The van der Waals surface area contributed by atoms with E-state index in [0.717, 1.165) is 49.0 Å². The highest BCUT2D eigenvalue weighted by Gasteiger charge is 2.23. The first-order valence-electron chi connectivity index (χ1n) is 7.29. The van der Waals surface area contributed by atoms with Crippen LogP contribution in [0.2, 0.25) is 0 Å². The van der Waals surface area contributed by atoms with Gasteiger partial charge in [0.15, 0.2) is 0 Å². The molecule has 0 bridgehead atoms. The highest BCUT2D eigenvalue weighted by molar-refractivity contribution is 5.40. The fourth-order valence-corrected chi connectivity index (χ4v) is 2.74. The van der Waals surface area contributed by atoms with Gasteiger partial charge < -0.3 is 10.2 Å². The Balaban J connectivity index is 1.79. The van der Waals surface area contributed by atoms with E-state index in [1.54, 1.807) is 12.5 Å². The molecule has 0 spiro atoms. The highest BCUT2D eigenvalue weighted by Crippen LogP contribution is 2.28. The second kappa shape index (κ2) is 6.03. The summed E-state index contributed by atoms with van der Waals surface area (Å²) in [6.45, 7) is 3.96. The Bertz CT molecular complexity index is 615. The van der Waals surface area contributed by atoms with Crippen LogP contribution < -0.4 is 10.2 Å². The van der Waals surface area contributed by atoms with Crippen molar-refractivity contribution in [2.24, 2.45) is 0 Å². The van der Waals surface area contributed by atoms with Gasteiger partial charge in [-0.25, -0.2) is 15.0 Å². The van der Waals surface area contributed by atoms with E-state index in [4.69, 9.17) is 0 Å². The van der Waals surface area contributed by atoms with Gasteiger partial charge in [-0.2, -0.15) is 0 Å². The lowest BCUT2D eigenvalue weighted by Gasteiger charge is -2.33. The van der Waals surface area contributed by atoms with Crippen molar-refractivity contribution in [1.82, 2.24) is 19.9 Å². The fraction of sp³-hybridized carbons (Fsp3) is 0.467. The van der Waals surface area contributed by atoms with Crippen LogP contribution in [0, 0.1) is 6.92 Å². The van der Waals surface area contributed by atoms with E-state index in [0.29, 0.717) is 5.92 Å². The predicted octanol–water partition coefficient (Wildman–Crippen LogP) is 2.00. The predicted molar refractivity (Wildman–Crippen MR) is 82.5 cm³/mol. The molecule has 1 aliphatic heterocycles. The molecule has 0 aromatic carbocycles. The van der Waals surface area contributed by atoms with E-state index in [1.165, 1.54) is 0 Å². The zero-order valence-electron chi connectivity index (χ0n) is 12.5. The summed E-state index contributed by atoms with van der Waals surface area (Å²) in [7, 11) is 1.87. The van der Waals surface area contributed by atoms with Gasteiger partial charge in [0.1, 0.15) is 18.0 Å². The molecule has 0 saturated carbocycles. The molecule has 0 unspecified atom stereocenters. The monoisotopic (exact) mass is 284 g/mol. The average molecular weight is 284 g/mol. The number of nitrogens with one attached hydrogen (secondary N) is 1. The topological polar surface area (TPSA) is 66.8 Å². The van der Waals surface area contributed by atoms with Gasteiger partial charge in [-0.15, -0.1) is 0 Å². The molecular weight excluding hydrogens is 264 g/mol. The number of rotatable bonds is 3. The summed E-state index contributed by atoms with van der Waals surface area (Å²) in [5.41, 5.74) is 2.05. The molecule has 21 heavy (non-hydrogen) atoms. The molecule has 1 aliphatic rings. The van der Waals surface area contributed by atoms with Gasteiger partial charge >= 0.3 is 0 Å².